The third-order valence-electron chi connectivity index (χ3n) is 3.93. The summed E-state index contributed by atoms with van der Waals surface area (Å²) in [5.41, 5.74) is 2.08. The first-order chi connectivity index (χ1) is 10.2. The van der Waals surface area contributed by atoms with Gasteiger partial charge in [-0.2, -0.15) is 0 Å². The molecule has 1 heterocycles. The fourth-order valence-electron chi connectivity index (χ4n) is 2.77. The van der Waals surface area contributed by atoms with E-state index in [1.165, 1.54) is 25.7 Å². The molecule has 3 nitrogen and oxygen atoms in total. The van der Waals surface area contributed by atoms with Crippen LogP contribution in [0.2, 0.25) is 5.15 Å². The largest absolute Gasteiger partial charge is 0.497 e. The molecular weight excluding hydrogens is 399 g/mol. The third-order valence-corrected chi connectivity index (χ3v) is 5.58. The van der Waals surface area contributed by atoms with E-state index in [0.717, 1.165) is 20.6 Å². The van der Waals surface area contributed by atoms with Gasteiger partial charge in [0.1, 0.15) is 10.9 Å². The highest BCUT2D eigenvalue weighted by atomic mass is 127. The third kappa shape index (κ3) is 3.16. The molecule has 1 aromatic heterocycles. The van der Waals surface area contributed by atoms with Crippen LogP contribution in [0.5, 0.6) is 5.75 Å². The quantitative estimate of drug-likeness (QED) is 0.520. The van der Waals surface area contributed by atoms with Gasteiger partial charge in [0, 0.05) is 11.5 Å². The van der Waals surface area contributed by atoms with Crippen molar-refractivity contribution in [3.05, 3.63) is 38.7 Å². The molecule has 0 saturated heterocycles. The summed E-state index contributed by atoms with van der Waals surface area (Å²) in [5, 5.41) is 0.554. The van der Waals surface area contributed by atoms with Crippen molar-refractivity contribution in [2.24, 2.45) is 0 Å². The van der Waals surface area contributed by atoms with Crippen molar-refractivity contribution in [2.75, 3.05) is 7.11 Å². The molecule has 0 spiro atoms. The summed E-state index contributed by atoms with van der Waals surface area (Å²) in [6, 6.07) is 7.77. The second kappa shape index (κ2) is 6.48. The molecule has 1 saturated carbocycles. The monoisotopic (exact) mass is 414 g/mol. The van der Waals surface area contributed by atoms with Gasteiger partial charge in [-0.25, -0.2) is 9.97 Å². The predicted octanol–water partition coefficient (Wildman–Crippen LogP) is 5.07. The fraction of sp³-hybridized carbons (Fsp3) is 0.375. The molecule has 1 aromatic carbocycles. The standard InChI is InChI=1S/C16H16ClIN2O/c1-21-12-8-6-11(7-9-12)16-19-14(10-4-2-3-5-10)13(18)15(17)20-16/h6-10H,2-5H2,1H3. The lowest BCUT2D eigenvalue weighted by atomic mass is 10.0. The lowest BCUT2D eigenvalue weighted by Gasteiger charge is -2.13. The molecule has 21 heavy (non-hydrogen) atoms. The van der Waals surface area contributed by atoms with Crippen molar-refractivity contribution >= 4 is 34.2 Å². The molecule has 0 N–H and O–H groups in total. The van der Waals surface area contributed by atoms with Crippen LogP contribution < -0.4 is 4.74 Å². The maximum Gasteiger partial charge on any atom is 0.161 e. The molecule has 2 aromatic rings. The number of hydrogen-bond donors (Lipinski definition) is 0. The van der Waals surface area contributed by atoms with Crippen LogP contribution in [0.15, 0.2) is 24.3 Å². The molecule has 0 aliphatic heterocycles. The Hall–Kier alpha value is -0.880. The van der Waals surface area contributed by atoms with E-state index in [1.807, 2.05) is 24.3 Å². The SMILES string of the molecule is COc1ccc(-c2nc(Cl)c(I)c(C3CCCC3)n2)cc1. The van der Waals surface area contributed by atoms with Gasteiger partial charge in [0.25, 0.3) is 0 Å². The van der Waals surface area contributed by atoms with Crippen LogP contribution in [0.3, 0.4) is 0 Å². The Labute approximate surface area is 143 Å². The van der Waals surface area contributed by atoms with Crippen molar-refractivity contribution in [3.63, 3.8) is 0 Å². The topological polar surface area (TPSA) is 35.0 Å². The van der Waals surface area contributed by atoms with E-state index in [4.69, 9.17) is 21.3 Å². The molecule has 0 atom stereocenters. The summed E-state index contributed by atoms with van der Waals surface area (Å²) in [6.45, 7) is 0. The number of nitrogens with zero attached hydrogens (tertiary/aromatic N) is 2. The van der Waals surface area contributed by atoms with Gasteiger partial charge in [-0.15, -0.1) is 0 Å². The van der Waals surface area contributed by atoms with Crippen molar-refractivity contribution in [3.8, 4) is 17.1 Å². The number of halogens is 2. The highest BCUT2D eigenvalue weighted by Gasteiger charge is 2.23. The number of benzene rings is 1. The van der Waals surface area contributed by atoms with Crippen molar-refractivity contribution in [1.82, 2.24) is 9.97 Å². The van der Waals surface area contributed by atoms with E-state index in [1.54, 1.807) is 7.11 Å². The second-order valence-electron chi connectivity index (χ2n) is 5.25. The van der Waals surface area contributed by atoms with E-state index < -0.39 is 0 Å². The minimum atomic E-state index is 0.523. The molecule has 1 aliphatic rings. The zero-order chi connectivity index (χ0) is 14.8. The molecule has 5 heteroatoms. The number of methoxy groups -OCH3 is 1. The number of hydrogen-bond acceptors (Lipinski definition) is 3. The number of aromatic nitrogens is 2. The van der Waals surface area contributed by atoms with E-state index in [0.29, 0.717) is 16.9 Å². The summed E-state index contributed by atoms with van der Waals surface area (Å²) < 4.78 is 6.18. The molecule has 1 aliphatic carbocycles. The summed E-state index contributed by atoms with van der Waals surface area (Å²) in [7, 11) is 1.66. The first-order valence-electron chi connectivity index (χ1n) is 7.06. The summed E-state index contributed by atoms with van der Waals surface area (Å²) in [4.78, 5) is 9.23. The van der Waals surface area contributed by atoms with Crippen LogP contribution >= 0.6 is 34.2 Å². The lowest BCUT2D eigenvalue weighted by Crippen LogP contribution is -2.04. The Bertz CT molecular complexity index is 639. The van der Waals surface area contributed by atoms with E-state index in [9.17, 15) is 0 Å². The molecule has 0 radical (unpaired) electrons. The minimum Gasteiger partial charge on any atom is -0.497 e. The van der Waals surface area contributed by atoms with Crippen LogP contribution in [0.25, 0.3) is 11.4 Å². The van der Waals surface area contributed by atoms with Gasteiger partial charge in [0.2, 0.25) is 0 Å². The first kappa shape index (κ1) is 15.0. The van der Waals surface area contributed by atoms with Crippen molar-refractivity contribution < 1.29 is 4.74 Å². The van der Waals surface area contributed by atoms with Crippen molar-refractivity contribution in [1.29, 1.82) is 0 Å². The zero-order valence-electron chi connectivity index (χ0n) is 11.8. The average molecular weight is 415 g/mol. The van der Waals surface area contributed by atoms with Crippen LogP contribution in [0, 0.1) is 3.57 Å². The maximum absolute atomic E-state index is 6.32. The van der Waals surface area contributed by atoms with Gasteiger partial charge in [-0.05, 0) is 59.7 Å². The van der Waals surface area contributed by atoms with Gasteiger partial charge >= 0.3 is 0 Å². The molecule has 0 unspecified atom stereocenters. The summed E-state index contributed by atoms with van der Waals surface area (Å²) >= 11 is 8.59. The molecule has 110 valence electrons. The predicted molar refractivity (Wildman–Crippen MR) is 93.0 cm³/mol. The van der Waals surface area contributed by atoms with Gasteiger partial charge in [-0.3, -0.25) is 0 Å². The van der Waals surface area contributed by atoms with Crippen LogP contribution in [-0.4, -0.2) is 17.1 Å². The number of rotatable bonds is 3. The Morgan fingerprint density at radius 3 is 2.43 bits per heavy atom. The fourth-order valence-corrected chi connectivity index (χ4v) is 3.63. The molecule has 0 bridgehead atoms. The first-order valence-corrected chi connectivity index (χ1v) is 8.52. The van der Waals surface area contributed by atoms with Gasteiger partial charge in [-0.1, -0.05) is 24.4 Å². The van der Waals surface area contributed by atoms with Crippen LogP contribution in [0.1, 0.15) is 37.3 Å². The second-order valence-corrected chi connectivity index (χ2v) is 6.68. The molecule has 1 fully saturated rings. The Balaban J connectivity index is 2.01. The normalized spacial score (nSPS) is 15.4. The van der Waals surface area contributed by atoms with E-state index in [-0.39, 0.29) is 0 Å². The molecule has 3 rings (SSSR count). The van der Waals surface area contributed by atoms with E-state index >= 15 is 0 Å². The van der Waals surface area contributed by atoms with Gasteiger partial charge < -0.3 is 4.74 Å². The molecule has 0 amide bonds. The Morgan fingerprint density at radius 2 is 1.81 bits per heavy atom. The van der Waals surface area contributed by atoms with Gasteiger partial charge in [0.05, 0.1) is 16.4 Å². The smallest absolute Gasteiger partial charge is 0.161 e. The van der Waals surface area contributed by atoms with Crippen LogP contribution in [-0.2, 0) is 0 Å². The lowest BCUT2D eigenvalue weighted by molar-refractivity contribution is 0.415. The number of ether oxygens (including phenoxy) is 1. The average Bonchev–Trinajstić information content (AvgIpc) is 3.04. The van der Waals surface area contributed by atoms with E-state index in [2.05, 4.69) is 27.6 Å². The minimum absolute atomic E-state index is 0.523. The van der Waals surface area contributed by atoms with Crippen LogP contribution in [0.4, 0.5) is 0 Å². The Kier molecular flexibility index (Phi) is 4.64. The van der Waals surface area contributed by atoms with Gasteiger partial charge in [0.15, 0.2) is 5.82 Å². The highest BCUT2D eigenvalue weighted by Crippen LogP contribution is 2.37. The highest BCUT2D eigenvalue weighted by molar-refractivity contribution is 14.1. The summed E-state index contributed by atoms with van der Waals surface area (Å²) in [6.07, 6.45) is 4.96. The summed E-state index contributed by atoms with van der Waals surface area (Å²) in [5.74, 6) is 2.05. The molecular formula is C16H16ClIN2O. The Morgan fingerprint density at radius 1 is 1.14 bits per heavy atom. The maximum atomic E-state index is 6.32. The zero-order valence-corrected chi connectivity index (χ0v) is 14.7. The van der Waals surface area contributed by atoms with Crippen molar-refractivity contribution in [2.45, 2.75) is 31.6 Å².